The highest BCUT2D eigenvalue weighted by Gasteiger charge is 2.70. The second-order valence-corrected chi connectivity index (χ2v) is 7.55. The highest BCUT2D eigenvalue weighted by Crippen LogP contribution is 2.68. The molecule has 1 saturated heterocycles. The van der Waals surface area contributed by atoms with Crippen LogP contribution in [-0.4, -0.2) is 64.2 Å². The van der Waals surface area contributed by atoms with Crippen LogP contribution in [0.2, 0.25) is 0 Å². The summed E-state index contributed by atoms with van der Waals surface area (Å²) in [5.74, 6) is 0.357. The quantitative estimate of drug-likeness (QED) is 0.777. The van der Waals surface area contributed by atoms with Gasteiger partial charge in [-0.2, -0.15) is 0 Å². The molecule has 1 aliphatic carbocycles. The molecule has 2 N–H and O–H groups in total. The van der Waals surface area contributed by atoms with Crippen molar-refractivity contribution in [3.8, 4) is 0 Å². The van der Waals surface area contributed by atoms with Gasteiger partial charge in [0.05, 0.1) is 24.7 Å². The number of rotatable bonds is 7. The average Bonchev–Trinajstić information content (AvgIpc) is 2.89. The first-order valence-corrected chi connectivity index (χ1v) is 9.25. The van der Waals surface area contributed by atoms with Gasteiger partial charge in [-0.15, -0.1) is 0 Å². The molecule has 1 saturated carbocycles. The van der Waals surface area contributed by atoms with Gasteiger partial charge in [0.25, 0.3) is 0 Å². The van der Waals surface area contributed by atoms with Gasteiger partial charge in [0.1, 0.15) is 0 Å². The molecule has 26 heavy (non-hydrogen) atoms. The molecule has 6 heteroatoms. The van der Waals surface area contributed by atoms with Gasteiger partial charge >= 0.3 is 0 Å². The maximum atomic E-state index is 10.9. The lowest BCUT2D eigenvalue weighted by atomic mass is 9.95. The third-order valence-electron chi connectivity index (χ3n) is 6.19. The first-order valence-electron chi connectivity index (χ1n) is 9.25. The number of benzene rings is 1. The Morgan fingerprint density at radius 3 is 2.85 bits per heavy atom. The van der Waals surface area contributed by atoms with Gasteiger partial charge < -0.3 is 19.5 Å². The van der Waals surface area contributed by atoms with Gasteiger partial charge in [-0.1, -0.05) is 30.3 Å². The summed E-state index contributed by atoms with van der Waals surface area (Å²) < 4.78 is 7.27. The zero-order valence-corrected chi connectivity index (χ0v) is 15.2. The summed E-state index contributed by atoms with van der Waals surface area (Å²) >= 11 is 0. The topological polar surface area (TPSA) is 70.8 Å². The molecule has 0 radical (unpaired) electrons. The van der Waals surface area contributed by atoms with Crippen LogP contribution in [0.1, 0.15) is 17.2 Å². The van der Waals surface area contributed by atoms with Crippen LogP contribution >= 0.6 is 0 Å². The molecule has 2 aromatic rings. The number of nitrogens with zero attached hydrogens (tertiary/aromatic N) is 3. The molecule has 2 aliphatic rings. The number of methoxy groups -OCH3 is 1. The molecule has 2 fully saturated rings. The number of imidazole rings is 1. The van der Waals surface area contributed by atoms with Crippen molar-refractivity contribution in [2.75, 3.05) is 33.4 Å². The standard InChI is InChI=1S/C20H27N3O3/c1-26-8-7-23-14-21-9-16(23)10-22-11-18(25)20(13-22)17(12-24)19(20)15-5-3-2-4-6-15/h2-6,9,14,17-19,24-25H,7-8,10-13H2,1H3/t17-,18-,19-,20-/m1/s1. The molecule has 6 nitrogen and oxygen atoms in total. The Morgan fingerprint density at radius 2 is 2.12 bits per heavy atom. The minimum Gasteiger partial charge on any atom is -0.396 e. The molecule has 0 amide bonds. The number of aromatic nitrogens is 2. The fraction of sp³-hybridized carbons (Fsp3) is 0.550. The lowest BCUT2D eigenvalue weighted by molar-refractivity contribution is 0.111. The number of β-amino-alcohol motifs (C(OH)–C–C–N with tert-alkyl or cyclic N) is 1. The fourth-order valence-electron chi connectivity index (χ4n) is 4.88. The molecule has 1 aromatic carbocycles. The second-order valence-electron chi connectivity index (χ2n) is 7.55. The minimum absolute atomic E-state index is 0.121. The summed E-state index contributed by atoms with van der Waals surface area (Å²) in [6.45, 7) is 3.74. The summed E-state index contributed by atoms with van der Waals surface area (Å²) in [5, 5.41) is 20.8. The van der Waals surface area contributed by atoms with Gasteiger partial charge in [0.2, 0.25) is 0 Å². The van der Waals surface area contributed by atoms with Crippen molar-refractivity contribution in [1.82, 2.24) is 14.5 Å². The Kier molecular flexibility index (Phi) is 4.84. The zero-order valence-electron chi connectivity index (χ0n) is 15.2. The van der Waals surface area contributed by atoms with E-state index in [9.17, 15) is 10.2 Å². The molecule has 4 rings (SSSR count). The van der Waals surface area contributed by atoms with E-state index >= 15 is 0 Å². The maximum absolute atomic E-state index is 10.9. The monoisotopic (exact) mass is 357 g/mol. The predicted octanol–water partition coefficient (Wildman–Crippen LogP) is 1.10. The Labute approximate surface area is 154 Å². The van der Waals surface area contributed by atoms with E-state index in [4.69, 9.17) is 4.74 Å². The minimum atomic E-state index is -0.416. The summed E-state index contributed by atoms with van der Waals surface area (Å²) in [6, 6.07) is 10.3. The fourth-order valence-corrected chi connectivity index (χ4v) is 4.88. The molecule has 1 aliphatic heterocycles. The van der Waals surface area contributed by atoms with Crippen LogP contribution in [0.15, 0.2) is 42.9 Å². The Balaban J connectivity index is 1.49. The van der Waals surface area contributed by atoms with Crippen LogP contribution in [0.25, 0.3) is 0 Å². The number of hydrogen-bond acceptors (Lipinski definition) is 5. The van der Waals surface area contributed by atoms with Gasteiger partial charge in [-0.05, 0) is 17.4 Å². The van der Waals surface area contributed by atoms with E-state index in [2.05, 4.69) is 26.6 Å². The third-order valence-corrected chi connectivity index (χ3v) is 6.19. The van der Waals surface area contributed by atoms with Crippen LogP contribution in [0.3, 0.4) is 0 Å². The summed E-state index contributed by atoms with van der Waals surface area (Å²) in [4.78, 5) is 6.55. The largest absolute Gasteiger partial charge is 0.396 e. The summed E-state index contributed by atoms with van der Waals surface area (Å²) in [7, 11) is 1.70. The second kappa shape index (κ2) is 7.12. The maximum Gasteiger partial charge on any atom is 0.0949 e. The molecule has 1 spiro atoms. The Morgan fingerprint density at radius 1 is 1.31 bits per heavy atom. The molecule has 1 aromatic heterocycles. The molecule has 4 atom stereocenters. The van der Waals surface area contributed by atoms with Crippen LogP contribution in [0, 0.1) is 11.3 Å². The molecule has 0 unspecified atom stereocenters. The average molecular weight is 357 g/mol. The molecular weight excluding hydrogens is 330 g/mol. The number of hydrogen-bond donors (Lipinski definition) is 2. The van der Waals surface area contributed by atoms with E-state index in [1.54, 1.807) is 7.11 Å². The molecule has 140 valence electrons. The van der Waals surface area contributed by atoms with E-state index < -0.39 is 6.10 Å². The highest BCUT2D eigenvalue weighted by molar-refractivity contribution is 5.36. The van der Waals surface area contributed by atoms with Gasteiger partial charge in [0, 0.05) is 51.5 Å². The van der Waals surface area contributed by atoms with E-state index in [1.807, 2.05) is 30.7 Å². The molecule has 0 bridgehead atoms. The van der Waals surface area contributed by atoms with Crippen molar-refractivity contribution in [2.45, 2.75) is 25.1 Å². The summed E-state index contributed by atoms with van der Waals surface area (Å²) in [6.07, 6.45) is 3.30. The van der Waals surface area contributed by atoms with Gasteiger partial charge in [-0.3, -0.25) is 4.90 Å². The van der Waals surface area contributed by atoms with E-state index in [1.165, 1.54) is 5.56 Å². The number of likely N-dealkylation sites (tertiary alicyclic amines) is 1. The van der Waals surface area contributed by atoms with Crippen LogP contribution in [0.5, 0.6) is 0 Å². The Hall–Kier alpha value is -1.73. The number of ether oxygens (including phenoxy) is 1. The molecule has 2 heterocycles. The van der Waals surface area contributed by atoms with Crippen molar-refractivity contribution >= 4 is 0 Å². The predicted molar refractivity (Wildman–Crippen MR) is 97.6 cm³/mol. The number of aliphatic hydroxyl groups excluding tert-OH is 2. The lowest BCUT2D eigenvalue weighted by Crippen LogP contribution is -2.23. The normalized spacial score (nSPS) is 31.0. The number of aliphatic hydroxyl groups is 2. The SMILES string of the molecule is COCCn1cncc1CN1C[C@@H](O)[C@@]2(C1)[C@H](CO)[C@H]2c1ccccc1. The summed E-state index contributed by atoms with van der Waals surface area (Å²) in [5.41, 5.74) is 2.12. The highest BCUT2D eigenvalue weighted by atomic mass is 16.5. The molecular formula is C20H27N3O3. The first kappa shape index (κ1) is 17.7. The third kappa shape index (κ3) is 2.87. The first-order chi connectivity index (χ1) is 12.7. The van der Waals surface area contributed by atoms with Crippen molar-refractivity contribution in [1.29, 1.82) is 0 Å². The van der Waals surface area contributed by atoms with Crippen LogP contribution in [0.4, 0.5) is 0 Å². The Bertz CT molecular complexity index is 735. The van der Waals surface area contributed by atoms with Crippen LogP contribution < -0.4 is 0 Å². The van der Waals surface area contributed by atoms with Gasteiger partial charge in [0.15, 0.2) is 0 Å². The van der Waals surface area contributed by atoms with Crippen molar-refractivity contribution in [3.05, 3.63) is 54.1 Å². The lowest BCUT2D eigenvalue weighted by Gasteiger charge is -2.17. The van der Waals surface area contributed by atoms with Gasteiger partial charge in [-0.25, -0.2) is 4.98 Å². The van der Waals surface area contributed by atoms with Crippen molar-refractivity contribution in [3.63, 3.8) is 0 Å². The van der Waals surface area contributed by atoms with E-state index in [0.717, 1.165) is 25.3 Å². The van der Waals surface area contributed by atoms with E-state index in [-0.39, 0.29) is 23.9 Å². The zero-order chi connectivity index (χ0) is 18.1. The van der Waals surface area contributed by atoms with E-state index in [0.29, 0.717) is 13.2 Å². The van der Waals surface area contributed by atoms with Crippen molar-refractivity contribution < 1.29 is 14.9 Å². The van der Waals surface area contributed by atoms with Crippen LogP contribution in [-0.2, 0) is 17.8 Å². The van der Waals surface area contributed by atoms with Crippen molar-refractivity contribution in [2.24, 2.45) is 11.3 Å². The smallest absolute Gasteiger partial charge is 0.0949 e.